The summed E-state index contributed by atoms with van der Waals surface area (Å²) in [6, 6.07) is 4.23. The molecule has 1 aliphatic carbocycles. The van der Waals surface area contributed by atoms with E-state index in [1.54, 1.807) is 7.11 Å². The molecular formula is C11H14ClNO. The summed E-state index contributed by atoms with van der Waals surface area (Å²) in [5.41, 5.74) is 8.43. The minimum atomic E-state index is 0.286. The van der Waals surface area contributed by atoms with Gasteiger partial charge in [-0.15, -0.1) is 0 Å². The minimum Gasteiger partial charge on any atom is -0.495 e. The maximum Gasteiger partial charge on any atom is 0.140 e. The number of nitrogens with two attached hydrogens (primary N) is 1. The smallest absolute Gasteiger partial charge is 0.140 e. The number of halogens is 1. The molecule has 76 valence electrons. The van der Waals surface area contributed by atoms with E-state index in [1.807, 2.05) is 6.07 Å². The number of methoxy groups -OCH3 is 1. The Morgan fingerprint density at radius 3 is 3.00 bits per heavy atom. The Hall–Kier alpha value is -0.730. The molecule has 14 heavy (non-hydrogen) atoms. The first-order chi connectivity index (χ1) is 6.72. The number of hydrogen-bond acceptors (Lipinski definition) is 2. The van der Waals surface area contributed by atoms with Gasteiger partial charge in [-0.05, 0) is 36.5 Å². The second kappa shape index (κ2) is 3.79. The molecular weight excluding hydrogens is 198 g/mol. The van der Waals surface area contributed by atoms with Crippen molar-refractivity contribution in [3.63, 3.8) is 0 Å². The zero-order valence-corrected chi connectivity index (χ0v) is 8.97. The lowest BCUT2D eigenvalue weighted by molar-refractivity contribution is 0.404. The predicted octanol–water partition coefficient (Wildman–Crippen LogP) is 2.16. The summed E-state index contributed by atoms with van der Waals surface area (Å²) in [5.74, 6) is 0.830. The van der Waals surface area contributed by atoms with Crippen molar-refractivity contribution in [2.75, 3.05) is 7.11 Å². The molecule has 0 saturated heterocycles. The average Bonchev–Trinajstić information content (AvgIpc) is 2.18. The summed E-state index contributed by atoms with van der Waals surface area (Å²) >= 11 is 6.04. The predicted molar refractivity (Wildman–Crippen MR) is 58.0 cm³/mol. The summed E-state index contributed by atoms with van der Waals surface area (Å²) in [6.07, 6.45) is 2.92. The lowest BCUT2D eigenvalue weighted by Gasteiger charge is -2.23. The van der Waals surface area contributed by atoms with Gasteiger partial charge < -0.3 is 10.5 Å². The van der Waals surface area contributed by atoms with Crippen molar-refractivity contribution in [1.29, 1.82) is 0 Å². The van der Waals surface area contributed by atoms with Crippen LogP contribution in [0.25, 0.3) is 0 Å². The van der Waals surface area contributed by atoms with Gasteiger partial charge in [-0.2, -0.15) is 0 Å². The van der Waals surface area contributed by atoms with E-state index in [2.05, 4.69) is 6.07 Å². The van der Waals surface area contributed by atoms with Crippen LogP contribution in [0.4, 0.5) is 0 Å². The SMILES string of the molecule is COc1c(Cl)ccc2c1CC[C@@H](N)C2. The molecule has 0 aromatic heterocycles. The van der Waals surface area contributed by atoms with E-state index in [4.69, 9.17) is 22.1 Å². The maximum atomic E-state index is 6.04. The first kappa shape index (κ1) is 9.81. The van der Waals surface area contributed by atoms with Crippen molar-refractivity contribution in [3.05, 3.63) is 28.3 Å². The van der Waals surface area contributed by atoms with Gasteiger partial charge >= 0.3 is 0 Å². The van der Waals surface area contributed by atoms with Crippen molar-refractivity contribution in [2.24, 2.45) is 5.73 Å². The molecule has 3 heteroatoms. The van der Waals surface area contributed by atoms with E-state index in [1.165, 1.54) is 11.1 Å². The first-order valence-corrected chi connectivity index (χ1v) is 5.20. The van der Waals surface area contributed by atoms with E-state index >= 15 is 0 Å². The molecule has 0 spiro atoms. The number of rotatable bonds is 1. The quantitative estimate of drug-likeness (QED) is 0.773. The summed E-state index contributed by atoms with van der Waals surface area (Å²) in [4.78, 5) is 0. The normalized spacial score (nSPS) is 20.4. The monoisotopic (exact) mass is 211 g/mol. The van der Waals surface area contributed by atoms with Crippen LogP contribution in [0.2, 0.25) is 5.02 Å². The van der Waals surface area contributed by atoms with E-state index in [0.717, 1.165) is 25.0 Å². The molecule has 1 aromatic rings. The van der Waals surface area contributed by atoms with Crippen molar-refractivity contribution < 1.29 is 4.74 Å². The zero-order valence-electron chi connectivity index (χ0n) is 8.22. The molecule has 2 rings (SSSR count). The Balaban J connectivity index is 2.47. The Bertz CT molecular complexity index is 351. The van der Waals surface area contributed by atoms with Gasteiger partial charge in [-0.3, -0.25) is 0 Å². The fraction of sp³-hybridized carbons (Fsp3) is 0.455. The van der Waals surface area contributed by atoms with Crippen LogP contribution in [0.3, 0.4) is 0 Å². The van der Waals surface area contributed by atoms with Crippen molar-refractivity contribution in [3.8, 4) is 5.75 Å². The molecule has 0 amide bonds. The van der Waals surface area contributed by atoms with E-state index in [-0.39, 0.29) is 6.04 Å². The highest BCUT2D eigenvalue weighted by atomic mass is 35.5. The number of fused-ring (bicyclic) bond motifs is 1. The fourth-order valence-corrected chi connectivity index (χ4v) is 2.29. The molecule has 0 unspecified atom stereocenters. The molecule has 1 atom stereocenters. The molecule has 0 heterocycles. The van der Waals surface area contributed by atoms with Crippen LogP contribution in [0.5, 0.6) is 5.75 Å². The molecule has 0 aliphatic heterocycles. The van der Waals surface area contributed by atoms with Gasteiger partial charge in [0.05, 0.1) is 12.1 Å². The van der Waals surface area contributed by atoms with Crippen molar-refractivity contribution in [1.82, 2.24) is 0 Å². The second-order valence-corrected chi connectivity index (χ2v) is 4.13. The lowest BCUT2D eigenvalue weighted by Crippen LogP contribution is -2.28. The highest BCUT2D eigenvalue weighted by Crippen LogP contribution is 2.35. The minimum absolute atomic E-state index is 0.286. The standard InChI is InChI=1S/C11H14ClNO/c1-14-11-9-4-3-8(13)6-7(9)2-5-10(11)12/h2,5,8H,3-4,6,13H2,1H3/t8-/m1/s1. The molecule has 0 radical (unpaired) electrons. The molecule has 1 aromatic carbocycles. The maximum absolute atomic E-state index is 6.04. The third-order valence-corrected chi connectivity index (χ3v) is 3.06. The largest absolute Gasteiger partial charge is 0.495 e. The van der Waals surface area contributed by atoms with Crippen LogP contribution in [0, 0.1) is 0 Å². The van der Waals surface area contributed by atoms with Crippen molar-refractivity contribution in [2.45, 2.75) is 25.3 Å². The summed E-state index contributed by atoms with van der Waals surface area (Å²) in [6.45, 7) is 0. The van der Waals surface area contributed by atoms with Gasteiger partial charge in [0.25, 0.3) is 0 Å². The summed E-state index contributed by atoms with van der Waals surface area (Å²) < 4.78 is 5.31. The summed E-state index contributed by atoms with van der Waals surface area (Å²) in [5, 5.41) is 0.696. The van der Waals surface area contributed by atoms with E-state index in [9.17, 15) is 0 Å². The van der Waals surface area contributed by atoms with Gasteiger partial charge in [0.1, 0.15) is 5.75 Å². The zero-order chi connectivity index (χ0) is 10.1. The molecule has 2 N–H and O–H groups in total. The van der Waals surface area contributed by atoms with Crippen molar-refractivity contribution >= 4 is 11.6 Å². The number of hydrogen-bond donors (Lipinski definition) is 1. The summed E-state index contributed by atoms with van der Waals surface area (Å²) in [7, 11) is 1.66. The molecule has 1 aliphatic rings. The highest BCUT2D eigenvalue weighted by Gasteiger charge is 2.20. The Kier molecular flexibility index (Phi) is 2.66. The molecule has 0 fully saturated rings. The Morgan fingerprint density at radius 2 is 2.29 bits per heavy atom. The van der Waals surface area contributed by atoms with Gasteiger partial charge in [0.15, 0.2) is 0 Å². The van der Waals surface area contributed by atoms with E-state index in [0.29, 0.717) is 5.02 Å². The number of ether oxygens (including phenoxy) is 1. The van der Waals surface area contributed by atoms with Crippen LogP contribution in [-0.2, 0) is 12.8 Å². The number of benzene rings is 1. The first-order valence-electron chi connectivity index (χ1n) is 4.82. The van der Waals surface area contributed by atoms with Crippen LogP contribution < -0.4 is 10.5 Å². The highest BCUT2D eigenvalue weighted by molar-refractivity contribution is 6.32. The van der Waals surface area contributed by atoms with E-state index < -0.39 is 0 Å². The second-order valence-electron chi connectivity index (χ2n) is 3.72. The Morgan fingerprint density at radius 1 is 1.50 bits per heavy atom. The molecule has 0 bridgehead atoms. The topological polar surface area (TPSA) is 35.2 Å². The third-order valence-electron chi connectivity index (χ3n) is 2.76. The Labute approximate surface area is 89.0 Å². The van der Waals surface area contributed by atoms with Gasteiger partial charge in [-0.1, -0.05) is 17.7 Å². The molecule has 0 saturated carbocycles. The van der Waals surface area contributed by atoms with Crippen LogP contribution in [0.15, 0.2) is 12.1 Å². The van der Waals surface area contributed by atoms with Gasteiger partial charge in [0.2, 0.25) is 0 Å². The lowest BCUT2D eigenvalue weighted by atomic mass is 9.88. The van der Waals surface area contributed by atoms with Crippen LogP contribution in [-0.4, -0.2) is 13.2 Å². The van der Waals surface area contributed by atoms with Gasteiger partial charge in [0, 0.05) is 6.04 Å². The third kappa shape index (κ3) is 1.60. The van der Waals surface area contributed by atoms with Crippen LogP contribution in [0.1, 0.15) is 17.5 Å². The van der Waals surface area contributed by atoms with Gasteiger partial charge in [-0.25, -0.2) is 0 Å². The average molecular weight is 212 g/mol. The molecule has 2 nitrogen and oxygen atoms in total. The van der Waals surface area contributed by atoms with Crippen LogP contribution >= 0.6 is 11.6 Å². The fourth-order valence-electron chi connectivity index (χ4n) is 2.04.